The standard InChI is InChI=1S/C8H15NO2/c1-2-11-6-8-4-3-5-9(8)7-10/h7-8H,2-6H2,1H3/t8-/m1/s1. The summed E-state index contributed by atoms with van der Waals surface area (Å²) in [7, 11) is 0. The zero-order valence-corrected chi connectivity index (χ0v) is 6.95. The van der Waals surface area contributed by atoms with Crippen LogP contribution in [-0.4, -0.2) is 37.1 Å². The third-order valence-electron chi connectivity index (χ3n) is 2.07. The second kappa shape index (κ2) is 4.34. The minimum Gasteiger partial charge on any atom is -0.380 e. The van der Waals surface area contributed by atoms with Gasteiger partial charge in [-0.05, 0) is 19.8 Å². The molecule has 1 saturated heterocycles. The third kappa shape index (κ3) is 2.19. The summed E-state index contributed by atoms with van der Waals surface area (Å²) in [5, 5.41) is 0. The van der Waals surface area contributed by atoms with Gasteiger partial charge in [0.2, 0.25) is 6.41 Å². The Labute approximate surface area is 67.3 Å². The van der Waals surface area contributed by atoms with Crippen LogP contribution >= 0.6 is 0 Å². The molecule has 0 aliphatic carbocycles. The van der Waals surface area contributed by atoms with Gasteiger partial charge < -0.3 is 9.64 Å². The Morgan fingerprint density at radius 2 is 2.55 bits per heavy atom. The van der Waals surface area contributed by atoms with E-state index in [9.17, 15) is 4.79 Å². The van der Waals surface area contributed by atoms with Gasteiger partial charge in [-0.2, -0.15) is 0 Å². The van der Waals surface area contributed by atoms with E-state index in [4.69, 9.17) is 4.74 Å². The molecule has 3 heteroatoms. The summed E-state index contributed by atoms with van der Waals surface area (Å²) >= 11 is 0. The Balaban J connectivity index is 2.25. The van der Waals surface area contributed by atoms with Crippen molar-refractivity contribution in [1.82, 2.24) is 4.90 Å². The van der Waals surface area contributed by atoms with Crippen LogP contribution in [0.1, 0.15) is 19.8 Å². The molecule has 0 bridgehead atoms. The number of hydrogen-bond donors (Lipinski definition) is 0. The van der Waals surface area contributed by atoms with E-state index in [1.807, 2.05) is 11.8 Å². The molecule has 0 saturated carbocycles. The molecule has 1 amide bonds. The lowest BCUT2D eigenvalue weighted by molar-refractivity contribution is -0.119. The highest BCUT2D eigenvalue weighted by atomic mass is 16.5. The van der Waals surface area contributed by atoms with Crippen LogP contribution < -0.4 is 0 Å². The van der Waals surface area contributed by atoms with E-state index in [-0.39, 0.29) is 0 Å². The van der Waals surface area contributed by atoms with Gasteiger partial charge in [-0.3, -0.25) is 4.79 Å². The van der Waals surface area contributed by atoms with Crippen molar-refractivity contribution in [1.29, 1.82) is 0 Å². The molecule has 0 aromatic rings. The van der Waals surface area contributed by atoms with Gasteiger partial charge in [-0.25, -0.2) is 0 Å². The average molecular weight is 157 g/mol. The van der Waals surface area contributed by atoms with Crippen LogP contribution in [0.2, 0.25) is 0 Å². The number of carbonyl (C=O) groups is 1. The van der Waals surface area contributed by atoms with Gasteiger partial charge in [0.1, 0.15) is 0 Å². The zero-order valence-electron chi connectivity index (χ0n) is 6.95. The molecule has 1 fully saturated rings. The summed E-state index contributed by atoms with van der Waals surface area (Å²) in [6.45, 7) is 4.32. The van der Waals surface area contributed by atoms with Gasteiger partial charge >= 0.3 is 0 Å². The molecular formula is C8H15NO2. The summed E-state index contributed by atoms with van der Waals surface area (Å²) in [5.41, 5.74) is 0. The molecule has 0 aromatic carbocycles. The van der Waals surface area contributed by atoms with E-state index in [0.717, 1.165) is 32.4 Å². The van der Waals surface area contributed by atoms with Crippen molar-refractivity contribution in [2.75, 3.05) is 19.8 Å². The highest BCUT2D eigenvalue weighted by Crippen LogP contribution is 2.14. The van der Waals surface area contributed by atoms with Crippen molar-refractivity contribution >= 4 is 6.41 Å². The number of nitrogens with zero attached hydrogens (tertiary/aromatic N) is 1. The van der Waals surface area contributed by atoms with E-state index >= 15 is 0 Å². The molecule has 1 aliphatic heterocycles. The Hall–Kier alpha value is -0.570. The van der Waals surface area contributed by atoms with Crippen molar-refractivity contribution < 1.29 is 9.53 Å². The molecule has 11 heavy (non-hydrogen) atoms. The summed E-state index contributed by atoms with van der Waals surface area (Å²) in [6, 6.07) is 0.340. The van der Waals surface area contributed by atoms with Gasteiger partial charge in [-0.1, -0.05) is 0 Å². The molecule has 1 aliphatic rings. The number of ether oxygens (including phenoxy) is 1. The molecule has 0 unspecified atom stereocenters. The van der Waals surface area contributed by atoms with E-state index in [0.29, 0.717) is 12.6 Å². The van der Waals surface area contributed by atoms with Crippen LogP contribution in [0, 0.1) is 0 Å². The van der Waals surface area contributed by atoms with Gasteiger partial charge in [0.25, 0.3) is 0 Å². The number of rotatable bonds is 4. The lowest BCUT2D eigenvalue weighted by Crippen LogP contribution is -2.31. The third-order valence-corrected chi connectivity index (χ3v) is 2.07. The number of carbonyl (C=O) groups excluding carboxylic acids is 1. The first kappa shape index (κ1) is 8.53. The van der Waals surface area contributed by atoms with Crippen molar-refractivity contribution in [3.63, 3.8) is 0 Å². The molecule has 3 nitrogen and oxygen atoms in total. The summed E-state index contributed by atoms with van der Waals surface area (Å²) in [4.78, 5) is 12.3. The normalized spacial score (nSPS) is 24.1. The molecule has 0 radical (unpaired) electrons. The second-order valence-electron chi connectivity index (χ2n) is 2.80. The predicted octanol–water partition coefficient (Wildman–Crippen LogP) is 0.644. The lowest BCUT2D eigenvalue weighted by Gasteiger charge is -2.18. The maximum Gasteiger partial charge on any atom is 0.210 e. The van der Waals surface area contributed by atoms with Crippen LogP contribution in [-0.2, 0) is 9.53 Å². The van der Waals surface area contributed by atoms with Crippen molar-refractivity contribution in [3.05, 3.63) is 0 Å². The fourth-order valence-electron chi connectivity index (χ4n) is 1.43. The van der Waals surface area contributed by atoms with Crippen LogP contribution in [0.25, 0.3) is 0 Å². The smallest absolute Gasteiger partial charge is 0.210 e. The molecule has 0 aromatic heterocycles. The van der Waals surface area contributed by atoms with E-state index in [2.05, 4.69) is 0 Å². The molecule has 64 valence electrons. The van der Waals surface area contributed by atoms with Crippen LogP contribution in [0.4, 0.5) is 0 Å². The first-order valence-electron chi connectivity index (χ1n) is 4.17. The topological polar surface area (TPSA) is 29.5 Å². The van der Waals surface area contributed by atoms with E-state index in [1.165, 1.54) is 0 Å². The minimum atomic E-state index is 0.340. The van der Waals surface area contributed by atoms with E-state index < -0.39 is 0 Å². The van der Waals surface area contributed by atoms with Crippen LogP contribution in [0.15, 0.2) is 0 Å². The van der Waals surface area contributed by atoms with Gasteiger partial charge in [0, 0.05) is 13.2 Å². The maximum absolute atomic E-state index is 10.5. The van der Waals surface area contributed by atoms with Crippen LogP contribution in [0.5, 0.6) is 0 Å². The fourth-order valence-corrected chi connectivity index (χ4v) is 1.43. The first-order chi connectivity index (χ1) is 5.38. The van der Waals surface area contributed by atoms with Crippen molar-refractivity contribution in [2.24, 2.45) is 0 Å². The number of hydrogen-bond acceptors (Lipinski definition) is 2. The lowest BCUT2D eigenvalue weighted by atomic mass is 10.2. The molecule has 1 rings (SSSR count). The van der Waals surface area contributed by atoms with E-state index in [1.54, 1.807) is 0 Å². The Morgan fingerprint density at radius 3 is 3.18 bits per heavy atom. The average Bonchev–Trinajstić information content (AvgIpc) is 2.47. The first-order valence-corrected chi connectivity index (χ1v) is 4.17. The van der Waals surface area contributed by atoms with Gasteiger partial charge in [-0.15, -0.1) is 0 Å². The molecule has 0 spiro atoms. The fraction of sp³-hybridized carbons (Fsp3) is 0.875. The quantitative estimate of drug-likeness (QED) is 0.560. The van der Waals surface area contributed by atoms with Crippen molar-refractivity contribution in [3.8, 4) is 0 Å². The number of likely N-dealkylation sites (tertiary alicyclic amines) is 1. The zero-order chi connectivity index (χ0) is 8.10. The highest BCUT2D eigenvalue weighted by molar-refractivity contribution is 5.48. The molecule has 0 N–H and O–H groups in total. The maximum atomic E-state index is 10.5. The minimum absolute atomic E-state index is 0.340. The van der Waals surface area contributed by atoms with Crippen LogP contribution in [0.3, 0.4) is 0 Å². The monoisotopic (exact) mass is 157 g/mol. The number of amides is 1. The molecule has 1 heterocycles. The summed E-state index contributed by atoms with van der Waals surface area (Å²) in [6.07, 6.45) is 3.14. The van der Waals surface area contributed by atoms with Gasteiger partial charge in [0.15, 0.2) is 0 Å². The van der Waals surface area contributed by atoms with Crippen molar-refractivity contribution in [2.45, 2.75) is 25.8 Å². The summed E-state index contributed by atoms with van der Waals surface area (Å²) < 4.78 is 5.25. The second-order valence-corrected chi connectivity index (χ2v) is 2.80. The predicted molar refractivity (Wildman–Crippen MR) is 42.3 cm³/mol. The highest BCUT2D eigenvalue weighted by Gasteiger charge is 2.22. The molecule has 1 atom stereocenters. The van der Waals surface area contributed by atoms with Gasteiger partial charge in [0.05, 0.1) is 12.6 Å². The Kier molecular flexibility index (Phi) is 3.36. The Morgan fingerprint density at radius 1 is 1.73 bits per heavy atom. The largest absolute Gasteiger partial charge is 0.380 e. The Bertz CT molecular complexity index is 127. The molecular weight excluding hydrogens is 142 g/mol. The SMILES string of the molecule is CCOC[C@H]1CCCN1C=O. The summed E-state index contributed by atoms with van der Waals surface area (Å²) in [5.74, 6) is 0.